The van der Waals surface area contributed by atoms with Crippen molar-refractivity contribution in [3.63, 3.8) is 0 Å². The largest absolute Gasteiger partial charge is 0.497 e. The van der Waals surface area contributed by atoms with Crippen molar-refractivity contribution in [2.75, 3.05) is 20.2 Å². The van der Waals surface area contributed by atoms with Gasteiger partial charge in [0, 0.05) is 20.1 Å². The van der Waals surface area contributed by atoms with Gasteiger partial charge in [-0.3, -0.25) is 0 Å². The maximum Gasteiger partial charge on any atom is 0.194 e. The van der Waals surface area contributed by atoms with Gasteiger partial charge in [-0.2, -0.15) is 0 Å². The van der Waals surface area contributed by atoms with Gasteiger partial charge in [0.25, 0.3) is 0 Å². The lowest BCUT2D eigenvalue weighted by molar-refractivity contribution is 0.272. The first-order valence-electron chi connectivity index (χ1n) is 9.58. The fraction of sp³-hybridized carbons (Fsp3) is 0.550. The quantitative estimate of drug-likeness (QED) is 0.647. The van der Waals surface area contributed by atoms with Crippen LogP contribution in [0, 0.1) is 12.8 Å². The standard InChI is InChI=1S/C20H30N6O/c1-15-9-11-26(12-10-15)20(22-14-19-24-23-16(2)25(19)3)21-13-17-5-7-18(27-4)8-6-17/h5-8,15H,9-14H2,1-4H3,(H,21,22). The molecule has 1 aromatic heterocycles. The third kappa shape index (κ3) is 4.99. The zero-order chi connectivity index (χ0) is 19.2. The molecule has 0 spiro atoms. The van der Waals surface area contributed by atoms with Crippen LogP contribution < -0.4 is 10.1 Å². The molecule has 0 saturated carbocycles. The highest BCUT2D eigenvalue weighted by molar-refractivity contribution is 5.80. The first-order valence-corrected chi connectivity index (χ1v) is 9.58. The lowest BCUT2D eigenvalue weighted by Gasteiger charge is -2.33. The second-order valence-corrected chi connectivity index (χ2v) is 7.23. The number of rotatable bonds is 5. The van der Waals surface area contributed by atoms with Crippen molar-refractivity contribution in [2.45, 2.75) is 39.8 Å². The summed E-state index contributed by atoms with van der Waals surface area (Å²) in [6, 6.07) is 8.07. The minimum atomic E-state index is 0.616. The lowest BCUT2D eigenvalue weighted by Crippen LogP contribution is -2.45. The summed E-state index contributed by atoms with van der Waals surface area (Å²) in [6.07, 6.45) is 2.40. The minimum absolute atomic E-state index is 0.616. The third-order valence-corrected chi connectivity index (χ3v) is 5.24. The summed E-state index contributed by atoms with van der Waals surface area (Å²) >= 11 is 0. The zero-order valence-electron chi connectivity index (χ0n) is 16.8. The number of aryl methyl sites for hydroxylation is 1. The average molecular weight is 371 g/mol. The van der Waals surface area contributed by atoms with Gasteiger partial charge < -0.3 is 19.5 Å². The number of hydrogen-bond acceptors (Lipinski definition) is 4. The van der Waals surface area contributed by atoms with Crippen LogP contribution in [0.5, 0.6) is 5.75 Å². The van der Waals surface area contributed by atoms with Crippen LogP contribution in [0.1, 0.15) is 37.0 Å². The van der Waals surface area contributed by atoms with E-state index in [1.54, 1.807) is 7.11 Å². The van der Waals surface area contributed by atoms with Gasteiger partial charge in [0.05, 0.1) is 20.2 Å². The zero-order valence-corrected chi connectivity index (χ0v) is 16.8. The fourth-order valence-corrected chi connectivity index (χ4v) is 3.15. The molecule has 146 valence electrons. The highest BCUT2D eigenvalue weighted by Gasteiger charge is 2.19. The Balaban J connectivity index is 1.70. The SMILES string of the molecule is COc1ccc(CN=C(NCc2nnc(C)n2C)N2CCC(C)CC2)cc1. The number of methoxy groups -OCH3 is 1. The van der Waals surface area contributed by atoms with E-state index < -0.39 is 0 Å². The van der Waals surface area contributed by atoms with E-state index in [0.29, 0.717) is 13.1 Å². The highest BCUT2D eigenvalue weighted by atomic mass is 16.5. The molecule has 1 aromatic carbocycles. The molecule has 7 nitrogen and oxygen atoms in total. The van der Waals surface area contributed by atoms with E-state index in [2.05, 4.69) is 39.5 Å². The molecule has 3 rings (SSSR count). The Kier molecular flexibility index (Phi) is 6.32. The van der Waals surface area contributed by atoms with Gasteiger partial charge in [-0.1, -0.05) is 19.1 Å². The molecule has 2 heterocycles. The van der Waals surface area contributed by atoms with Crippen LogP contribution >= 0.6 is 0 Å². The molecule has 0 atom stereocenters. The van der Waals surface area contributed by atoms with E-state index in [0.717, 1.165) is 47.9 Å². The third-order valence-electron chi connectivity index (χ3n) is 5.24. The number of likely N-dealkylation sites (tertiary alicyclic amines) is 1. The molecule has 1 N–H and O–H groups in total. The van der Waals surface area contributed by atoms with Crippen molar-refractivity contribution >= 4 is 5.96 Å². The van der Waals surface area contributed by atoms with E-state index in [4.69, 9.17) is 9.73 Å². The van der Waals surface area contributed by atoms with Crippen molar-refractivity contribution in [1.82, 2.24) is 25.0 Å². The van der Waals surface area contributed by atoms with Gasteiger partial charge in [0.15, 0.2) is 11.8 Å². The van der Waals surface area contributed by atoms with Gasteiger partial charge >= 0.3 is 0 Å². The van der Waals surface area contributed by atoms with Crippen LogP contribution in [0.4, 0.5) is 0 Å². The second kappa shape index (κ2) is 8.88. The smallest absolute Gasteiger partial charge is 0.194 e. The summed E-state index contributed by atoms with van der Waals surface area (Å²) in [6.45, 7) is 7.60. The van der Waals surface area contributed by atoms with E-state index in [9.17, 15) is 0 Å². The fourth-order valence-electron chi connectivity index (χ4n) is 3.15. The number of piperidine rings is 1. The number of hydrogen-bond donors (Lipinski definition) is 1. The Morgan fingerprint density at radius 2 is 1.93 bits per heavy atom. The molecule has 1 aliphatic rings. The Morgan fingerprint density at radius 1 is 1.22 bits per heavy atom. The van der Waals surface area contributed by atoms with Crippen LogP contribution in [-0.4, -0.2) is 45.8 Å². The second-order valence-electron chi connectivity index (χ2n) is 7.23. The van der Waals surface area contributed by atoms with Crippen molar-refractivity contribution in [2.24, 2.45) is 18.0 Å². The van der Waals surface area contributed by atoms with E-state index in [1.165, 1.54) is 12.8 Å². The molecule has 2 aromatic rings. The molecular formula is C20H30N6O. The Hall–Kier alpha value is -2.57. The summed E-state index contributed by atoms with van der Waals surface area (Å²) in [7, 11) is 3.67. The van der Waals surface area contributed by atoms with E-state index in [1.807, 2.05) is 30.7 Å². The van der Waals surface area contributed by atoms with Crippen molar-refractivity contribution in [3.05, 3.63) is 41.5 Å². The van der Waals surface area contributed by atoms with Crippen molar-refractivity contribution in [1.29, 1.82) is 0 Å². The predicted molar refractivity (Wildman–Crippen MR) is 107 cm³/mol. The molecule has 0 amide bonds. The molecule has 1 saturated heterocycles. The average Bonchev–Trinajstić information content (AvgIpc) is 3.01. The number of guanidine groups is 1. The maximum atomic E-state index is 5.23. The maximum absolute atomic E-state index is 5.23. The molecule has 1 aliphatic heterocycles. The monoisotopic (exact) mass is 370 g/mol. The Labute approximate surface area is 161 Å². The van der Waals surface area contributed by atoms with Gasteiger partial charge in [-0.15, -0.1) is 10.2 Å². The molecule has 0 aliphatic carbocycles. The summed E-state index contributed by atoms with van der Waals surface area (Å²) < 4.78 is 7.24. The first-order chi connectivity index (χ1) is 13.1. The van der Waals surface area contributed by atoms with Crippen LogP contribution in [0.25, 0.3) is 0 Å². The normalized spacial score (nSPS) is 15.9. The van der Waals surface area contributed by atoms with Crippen LogP contribution in [0.3, 0.4) is 0 Å². The van der Waals surface area contributed by atoms with Gasteiger partial charge in [0.2, 0.25) is 0 Å². The van der Waals surface area contributed by atoms with E-state index in [-0.39, 0.29) is 0 Å². The Bertz CT molecular complexity index is 759. The molecular weight excluding hydrogens is 340 g/mol. The minimum Gasteiger partial charge on any atom is -0.497 e. The van der Waals surface area contributed by atoms with Gasteiger partial charge in [-0.25, -0.2) is 4.99 Å². The molecule has 1 fully saturated rings. The highest BCUT2D eigenvalue weighted by Crippen LogP contribution is 2.17. The molecule has 7 heteroatoms. The molecule has 27 heavy (non-hydrogen) atoms. The molecule has 0 unspecified atom stereocenters. The summed E-state index contributed by atoms with van der Waals surface area (Å²) in [5, 5.41) is 11.9. The van der Waals surface area contributed by atoms with Crippen LogP contribution in [0.15, 0.2) is 29.3 Å². The Morgan fingerprint density at radius 3 is 2.52 bits per heavy atom. The summed E-state index contributed by atoms with van der Waals surface area (Å²) in [4.78, 5) is 7.24. The van der Waals surface area contributed by atoms with Crippen LogP contribution in [-0.2, 0) is 20.1 Å². The number of nitrogens with one attached hydrogen (secondary N) is 1. The molecule has 0 radical (unpaired) electrons. The number of nitrogens with zero attached hydrogens (tertiary/aromatic N) is 5. The first kappa shape index (κ1) is 19.2. The summed E-state index contributed by atoms with van der Waals surface area (Å²) in [5.41, 5.74) is 1.16. The van der Waals surface area contributed by atoms with Crippen molar-refractivity contribution in [3.8, 4) is 5.75 Å². The van der Waals surface area contributed by atoms with Crippen LogP contribution in [0.2, 0.25) is 0 Å². The number of ether oxygens (including phenoxy) is 1. The topological polar surface area (TPSA) is 67.6 Å². The number of benzene rings is 1. The van der Waals surface area contributed by atoms with E-state index >= 15 is 0 Å². The summed E-state index contributed by atoms with van der Waals surface area (Å²) in [5.74, 6) is 4.41. The predicted octanol–water partition coefficient (Wildman–Crippen LogP) is 2.51. The molecule has 0 bridgehead atoms. The van der Waals surface area contributed by atoms with Crippen molar-refractivity contribution < 1.29 is 4.74 Å². The lowest BCUT2D eigenvalue weighted by atomic mass is 9.99. The number of aliphatic imine (C=N–C) groups is 1. The van der Waals surface area contributed by atoms with Gasteiger partial charge in [-0.05, 0) is 43.4 Å². The number of aromatic nitrogens is 3. The van der Waals surface area contributed by atoms with Gasteiger partial charge in [0.1, 0.15) is 11.6 Å².